The van der Waals surface area contributed by atoms with E-state index < -0.39 is 30.5 Å². The van der Waals surface area contributed by atoms with Gasteiger partial charge in [0.05, 0.1) is 35.4 Å². The lowest BCUT2D eigenvalue weighted by atomic mass is 9.78. The third-order valence-corrected chi connectivity index (χ3v) is 9.10. The van der Waals surface area contributed by atoms with E-state index >= 15 is 0 Å². The molecule has 4 atom stereocenters. The van der Waals surface area contributed by atoms with Crippen LogP contribution < -0.4 is 10.8 Å². The van der Waals surface area contributed by atoms with Crippen LogP contribution in [0.5, 0.6) is 0 Å². The van der Waals surface area contributed by atoms with Gasteiger partial charge in [0, 0.05) is 11.4 Å². The Hall–Kier alpha value is -3.11. The fourth-order valence-corrected chi connectivity index (χ4v) is 6.00. The minimum absolute atomic E-state index is 0.0761. The number of benzene rings is 2. The number of amides is 2. The first-order valence-corrected chi connectivity index (χ1v) is 13.8. The van der Waals surface area contributed by atoms with Gasteiger partial charge in [-0.25, -0.2) is 9.78 Å². The maximum absolute atomic E-state index is 13.7. The average Bonchev–Trinajstić information content (AvgIpc) is 3.24. The SMILES string of the molecule is COC(=O)N[C@H](C(=O)N1[C@H](c2nc3c(ccc4cc(B5OC(C)(C)C(C)(C)O5)ccc43)[nH]2)C[C@@H]2C[C@@H]21)C(C)C. The molecule has 3 fully saturated rings. The molecule has 0 unspecified atom stereocenters. The van der Waals surface area contributed by atoms with Crippen LogP contribution in [0.3, 0.4) is 0 Å². The lowest BCUT2D eigenvalue weighted by molar-refractivity contribution is -0.136. The van der Waals surface area contributed by atoms with Crippen LogP contribution in [0.4, 0.5) is 4.79 Å². The van der Waals surface area contributed by atoms with Gasteiger partial charge in [0.1, 0.15) is 11.9 Å². The molecule has 0 spiro atoms. The predicted octanol–water partition coefficient (Wildman–Crippen LogP) is 4.06. The standard InChI is InChI=1S/C29H37BN4O5/c1-15(2)23(33-27(36)37-7)26(35)34-21-13-17(21)14-22(34)25-31-20-11-8-16-12-18(9-10-19(16)24(20)32-25)30-38-28(3,4)29(5,6)39-30/h8-12,15,17,21-23H,13-14H2,1-7H3,(H,31,32)(H,33,36)/t17-,21-,22-,23-/m0/s1. The number of nitrogens with zero attached hydrogens (tertiary/aromatic N) is 2. The van der Waals surface area contributed by atoms with Gasteiger partial charge in [-0.05, 0) is 69.3 Å². The molecule has 0 bridgehead atoms. The summed E-state index contributed by atoms with van der Waals surface area (Å²) in [6, 6.07) is 9.73. The summed E-state index contributed by atoms with van der Waals surface area (Å²) in [6.07, 6.45) is 1.26. The highest BCUT2D eigenvalue weighted by Gasteiger charge is 2.56. The number of aromatic amines is 1. The second kappa shape index (κ2) is 8.96. The van der Waals surface area contributed by atoms with Gasteiger partial charge in [-0.1, -0.05) is 38.1 Å². The van der Waals surface area contributed by atoms with Gasteiger partial charge in [0.15, 0.2) is 0 Å². The number of alkyl carbamates (subject to hydrolysis) is 1. The number of ether oxygens (including phenoxy) is 1. The predicted molar refractivity (Wildman–Crippen MR) is 150 cm³/mol. The van der Waals surface area contributed by atoms with Crippen LogP contribution in [0, 0.1) is 11.8 Å². The molecule has 3 heterocycles. The van der Waals surface area contributed by atoms with E-state index in [2.05, 4.69) is 56.2 Å². The molecule has 3 aliphatic rings. The van der Waals surface area contributed by atoms with Gasteiger partial charge in [0.2, 0.25) is 5.91 Å². The lowest BCUT2D eigenvalue weighted by Gasteiger charge is -2.32. The minimum Gasteiger partial charge on any atom is -0.453 e. The molecule has 206 valence electrons. The van der Waals surface area contributed by atoms with Crippen LogP contribution in [-0.4, -0.2) is 64.4 Å². The van der Waals surface area contributed by atoms with Crippen LogP contribution in [0.25, 0.3) is 21.8 Å². The summed E-state index contributed by atoms with van der Waals surface area (Å²) >= 11 is 0. The highest BCUT2D eigenvalue weighted by atomic mass is 16.7. The normalized spacial score (nSPS) is 25.8. The summed E-state index contributed by atoms with van der Waals surface area (Å²) in [4.78, 5) is 36.2. The van der Waals surface area contributed by atoms with Crippen LogP contribution in [-0.2, 0) is 18.8 Å². The number of imidazole rings is 1. The molecule has 2 saturated heterocycles. The fraction of sp³-hybridized carbons (Fsp3) is 0.552. The van der Waals surface area contributed by atoms with Crippen LogP contribution in [0.15, 0.2) is 30.3 Å². The lowest BCUT2D eigenvalue weighted by Crippen LogP contribution is -2.52. The van der Waals surface area contributed by atoms with Crippen molar-refractivity contribution in [1.82, 2.24) is 20.2 Å². The van der Waals surface area contributed by atoms with Crippen molar-refractivity contribution in [2.75, 3.05) is 7.11 Å². The summed E-state index contributed by atoms with van der Waals surface area (Å²) in [5.74, 6) is 1.10. The number of carbonyl (C=O) groups excluding carboxylic acids is 2. The number of hydrogen-bond acceptors (Lipinski definition) is 6. The zero-order chi connectivity index (χ0) is 27.9. The Morgan fingerprint density at radius 2 is 1.85 bits per heavy atom. The van der Waals surface area contributed by atoms with E-state index in [9.17, 15) is 9.59 Å². The van der Waals surface area contributed by atoms with E-state index in [1.165, 1.54) is 7.11 Å². The first kappa shape index (κ1) is 26.1. The number of carbonyl (C=O) groups is 2. The van der Waals surface area contributed by atoms with Gasteiger partial charge in [-0.3, -0.25) is 4.79 Å². The molecule has 2 aliphatic heterocycles. The molecule has 2 amide bonds. The monoisotopic (exact) mass is 532 g/mol. The minimum atomic E-state index is -0.655. The van der Waals surface area contributed by atoms with E-state index in [0.29, 0.717) is 5.92 Å². The molecule has 0 radical (unpaired) electrons. The summed E-state index contributed by atoms with van der Waals surface area (Å²) in [5, 5.41) is 4.82. The summed E-state index contributed by atoms with van der Waals surface area (Å²) < 4.78 is 17.3. The summed E-state index contributed by atoms with van der Waals surface area (Å²) in [5.41, 5.74) is 1.98. The molecule has 6 rings (SSSR count). The Morgan fingerprint density at radius 1 is 1.13 bits per heavy atom. The molecule has 1 saturated carbocycles. The average molecular weight is 532 g/mol. The second-order valence-corrected chi connectivity index (χ2v) is 12.6. The number of piperidine rings is 1. The van der Waals surface area contributed by atoms with Crippen LogP contribution >= 0.6 is 0 Å². The molecule has 2 N–H and O–H groups in total. The van der Waals surface area contributed by atoms with Gasteiger partial charge < -0.3 is 29.2 Å². The van der Waals surface area contributed by atoms with Gasteiger partial charge in [0.25, 0.3) is 0 Å². The maximum atomic E-state index is 13.7. The van der Waals surface area contributed by atoms with Gasteiger partial charge in [-0.15, -0.1) is 0 Å². The molecule has 1 aromatic heterocycles. The zero-order valence-corrected chi connectivity index (χ0v) is 23.7. The van der Waals surface area contributed by atoms with Gasteiger partial charge >= 0.3 is 13.2 Å². The second-order valence-electron chi connectivity index (χ2n) is 12.6. The van der Waals surface area contributed by atoms with E-state index in [0.717, 1.165) is 45.9 Å². The van der Waals surface area contributed by atoms with Crippen LogP contribution in [0.2, 0.25) is 0 Å². The number of rotatable bonds is 5. The maximum Gasteiger partial charge on any atom is 0.494 e. The third-order valence-electron chi connectivity index (χ3n) is 9.10. The van der Waals surface area contributed by atoms with E-state index in [4.69, 9.17) is 19.0 Å². The summed E-state index contributed by atoms with van der Waals surface area (Å²) in [7, 11) is 0.881. The molecular formula is C29H37BN4O5. The number of aromatic nitrogens is 2. The molecule has 9 nitrogen and oxygen atoms in total. The number of hydrogen-bond donors (Lipinski definition) is 2. The Bertz CT molecular complexity index is 1450. The number of likely N-dealkylation sites (tertiary alicyclic amines) is 1. The van der Waals surface area contributed by atoms with Gasteiger partial charge in [-0.2, -0.15) is 0 Å². The molecule has 39 heavy (non-hydrogen) atoms. The fourth-order valence-electron chi connectivity index (χ4n) is 6.00. The largest absolute Gasteiger partial charge is 0.494 e. The number of nitrogens with one attached hydrogen (secondary N) is 2. The van der Waals surface area contributed by atoms with E-state index in [-0.39, 0.29) is 23.9 Å². The van der Waals surface area contributed by atoms with E-state index in [1.807, 2.05) is 30.9 Å². The zero-order valence-electron chi connectivity index (χ0n) is 23.7. The van der Waals surface area contributed by atoms with E-state index in [1.54, 1.807) is 0 Å². The Kier molecular flexibility index (Phi) is 6.00. The number of fused-ring (bicyclic) bond motifs is 4. The third kappa shape index (κ3) is 4.28. The van der Waals surface area contributed by atoms with Crippen molar-refractivity contribution in [3.05, 3.63) is 36.2 Å². The number of methoxy groups -OCH3 is 1. The molecule has 1 aliphatic carbocycles. The van der Waals surface area contributed by atoms with Crippen molar-refractivity contribution in [1.29, 1.82) is 0 Å². The van der Waals surface area contributed by atoms with Crippen molar-refractivity contribution in [2.24, 2.45) is 11.8 Å². The quantitative estimate of drug-likeness (QED) is 0.481. The highest BCUT2D eigenvalue weighted by Crippen LogP contribution is 2.53. The van der Waals surface area contributed by atoms with Crippen molar-refractivity contribution < 1.29 is 23.6 Å². The molecular weight excluding hydrogens is 495 g/mol. The molecule has 10 heteroatoms. The molecule has 2 aromatic carbocycles. The smallest absolute Gasteiger partial charge is 0.453 e. The first-order valence-electron chi connectivity index (χ1n) is 13.8. The first-order chi connectivity index (χ1) is 18.4. The summed E-state index contributed by atoms with van der Waals surface area (Å²) in [6.45, 7) is 12.1. The Morgan fingerprint density at radius 3 is 2.51 bits per heavy atom. The topological polar surface area (TPSA) is 106 Å². The van der Waals surface area contributed by atoms with Crippen molar-refractivity contribution in [2.45, 2.75) is 83.7 Å². The number of H-pyrrole nitrogens is 1. The van der Waals surface area contributed by atoms with Crippen molar-refractivity contribution in [3.8, 4) is 0 Å². The Labute approximate surface area is 229 Å². The molecule has 3 aromatic rings. The van der Waals surface area contributed by atoms with Crippen molar-refractivity contribution >= 4 is 46.4 Å². The Balaban J connectivity index is 1.31. The highest BCUT2D eigenvalue weighted by molar-refractivity contribution is 6.62. The van der Waals surface area contributed by atoms with Crippen molar-refractivity contribution in [3.63, 3.8) is 0 Å². The van der Waals surface area contributed by atoms with Crippen LogP contribution in [0.1, 0.15) is 66.3 Å².